The van der Waals surface area contributed by atoms with Crippen LogP contribution in [0.4, 0.5) is 5.69 Å². The number of hydrogen-bond acceptors (Lipinski definition) is 2. The highest BCUT2D eigenvalue weighted by molar-refractivity contribution is 5.91. The molecule has 0 aliphatic rings. The van der Waals surface area contributed by atoms with Crippen molar-refractivity contribution >= 4 is 11.6 Å². The van der Waals surface area contributed by atoms with Crippen molar-refractivity contribution in [3.8, 4) is 0 Å². The van der Waals surface area contributed by atoms with Crippen molar-refractivity contribution in [3.63, 3.8) is 0 Å². The molecule has 1 aromatic carbocycles. The predicted molar refractivity (Wildman–Crippen MR) is 71.3 cm³/mol. The van der Waals surface area contributed by atoms with Crippen molar-refractivity contribution < 1.29 is 4.79 Å². The Kier molecular flexibility index (Phi) is 4.12. The minimum absolute atomic E-state index is 0.0198. The molecule has 1 heterocycles. The van der Waals surface area contributed by atoms with E-state index in [4.69, 9.17) is 0 Å². The van der Waals surface area contributed by atoms with Gasteiger partial charge in [-0.3, -0.25) is 9.48 Å². The van der Waals surface area contributed by atoms with Crippen LogP contribution >= 0.6 is 0 Å². The van der Waals surface area contributed by atoms with Gasteiger partial charge in [0, 0.05) is 31.0 Å². The number of nitrogens with zero attached hydrogens (tertiary/aromatic N) is 2. The molecule has 0 aliphatic carbocycles. The Balaban J connectivity index is 1.90. The molecular weight excluding hydrogens is 226 g/mol. The molecule has 4 heteroatoms. The maximum Gasteiger partial charge on any atom is 0.226 e. The maximum absolute atomic E-state index is 11.8. The Morgan fingerprint density at radius 1 is 1.33 bits per heavy atom. The van der Waals surface area contributed by atoms with Gasteiger partial charge in [0.05, 0.1) is 0 Å². The molecule has 0 saturated heterocycles. The molecule has 0 bridgehead atoms. The molecule has 2 rings (SSSR count). The van der Waals surface area contributed by atoms with Gasteiger partial charge in [0.2, 0.25) is 5.91 Å². The van der Waals surface area contributed by atoms with Crippen LogP contribution in [0.15, 0.2) is 42.7 Å². The van der Waals surface area contributed by atoms with E-state index in [0.29, 0.717) is 13.0 Å². The molecule has 4 nitrogen and oxygen atoms in total. The SMILES string of the molecule is CCc1ccccc1NC(=O)CCn1cccn1. The van der Waals surface area contributed by atoms with E-state index >= 15 is 0 Å². The van der Waals surface area contributed by atoms with Crippen molar-refractivity contribution in [2.45, 2.75) is 26.3 Å². The molecule has 1 N–H and O–H groups in total. The van der Waals surface area contributed by atoms with Crippen LogP contribution in [0, 0.1) is 0 Å². The van der Waals surface area contributed by atoms with Gasteiger partial charge in [0.1, 0.15) is 0 Å². The average molecular weight is 243 g/mol. The van der Waals surface area contributed by atoms with Crippen LogP contribution in [-0.2, 0) is 17.8 Å². The van der Waals surface area contributed by atoms with Crippen molar-refractivity contribution in [2.75, 3.05) is 5.32 Å². The first-order valence-electron chi connectivity index (χ1n) is 6.14. The summed E-state index contributed by atoms with van der Waals surface area (Å²) >= 11 is 0. The number of carbonyl (C=O) groups is 1. The van der Waals surface area contributed by atoms with Crippen LogP contribution in [-0.4, -0.2) is 15.7 Å². The maximum atomic E-state index is 11.8. The Labute approximate surface area is 107 Å². The fourth-order valence-electron chi connectivity index (χ4n) is 1.81. The van der Waals surface area contributed by atoms with Gasteiger partial charge in [-0.05, 0) is 24.1 Å². The second kappa shape index (κ2) is 6.00. The van der Waals surface area contributed by atoms with Gasteiger partial charge in [-0.15, -0.1) is 0 Å². The minimum Gasteiger partial charge on any atom is -0.326 e. The number of nitrogens with one attached hydrogen (secondary N) is 1. The lowest BCUT2D eigenvalue weighted by molar-refractivity contribution is -0.116. The summed E-state index contributed by atoms with van der Waals surface area (Å²) in [6.07, 6.45) is 4.91. The van der Waals surface area contributed by atoms with E-state index in [9.17, 15) is 4.79 Å². The first kappa shape index (κ1) is 12.4. The van der Waals surface area contributed by atoms with Gasteiger partial charge in [0.15, 0.2) is 0 Å². The third kappa shape index (κ3) is 3.20. The van der Waals surface area contributed by atoms with Crippen molar-refractivity contribution in [2.24, 2.45) is 0 Å². The Morgan fingerprint density at radius 3 is 2.89 bits per heavy atom. The van der Waals surface area contributed by atoms with E-state index in [1.807, 2.05) is 36.5 Å². The number of hydrogen-bond donors (Lipinski definition) is 1. The lowest BCUT2D eigenvalue weighted by Gasteiger charge is -2.09. The molecule has 18 heavy (non-hydrogen) atoms. The molecule has 94 valence electrons. The van der Waals surface area contributed by atoms with Crippen molar-refractivity contribution in [1.82, 2.24) is 9.78 Å². The molecule has 0 atom stereocenters. The van der Waals surface area contributed by atoms with Crippen LogP contribution in [0.1, 0.15) is 18.9 Å². The third-order valence-corrected chi connectivity index (χ3v) is 2.80. The standard InChI is InChI=1S/C14H17N3O/c1-2-12-6-3-4-7-13(12)16-14(18)8-11-17-10-5-9-15-17/h3-7,9-10H,2,8,11H2,1H3,(H,16,18). The number of benzene rings is 1. The fourth-order valence-corrected chi connectivity index (χ4v) is 1.81. The molecule has 0 fully saturated rings. The van der Waals surface area contributed by atoms with Gasteiger partial charge in [-0.25, -0.2) is 0 Å². The minimum atomic E-state index is 0.0198. The first-order valence-corrected chi connectivity index (χ1v) is 6.14. The molecule has 1 aromatic heterocycles. The van der Waals surface area contributed by atoms with Gasteiger partial charge in [-0.2, -0.15) is 5.10 Å². The summed E-state index contributed by atoms with van der Waals surface area (Å²) in [5.41, 5.74) is 2.07. The zero-order valence-corrected chi connectivity index (χ0v) is 10.5. The number of para-hydroxylation sites is 1. The number of aryl methyl sites for hydroxylation is 2. The Hall–Kier alpha value is -2.10. The average Bonchev–Trinajstić information content (AvgIpc) is 2.90. The van der Waals surface area contributed by atoms with E-state index < -0.39 is 0 Å². The zero-order chi connectivity index (χ0) is 12.8. The van der Waals surface area contributed by atoms with Crippen LogP contribution < -0.4 is 5.32 Å². The molecule has 0 saturated carbocycles. The lowest BCUT2D eigenvalue weighted by Crippen LogP contribution is -2.15. The Morgan fingerprint density at radius 2 is 2.17 bits per heavy atom. The summed E-state index contributed by atoms with van der Waals surface area (Å²) < 4.78 is 1.76. The van der Waals surface area contributed by atoms with Crippen LogP contribution in [0.5, 0.6) is 0 Å². The summed E-state index contributed by atoms with van der Waals surface area (Å²) in [6.45, 7) is 2.68. The van der Waals surface area contributed by atoms with Crippen LogP contribution in [0.2, 0.25) is 0 Å². The summed E-state index contributed by atoms with van der Waals surface area (Å²) in [4.78, 5) is 11.8. The molecule has 0 spiro atoms. The highest BCUT2D eigenvalue weighted by atomic mass is 16.1. The predicted octanol–water partition coefficient (Wildman–Crippen LogP) is 2.47. The van der Waals surface area contributed by atoms with E-state index in [0.717, 1.165) is 17.7 Å². The fraction of sp³-hybridized carbons (Fsp3) is 0.286. The quantitative estimate of drug-likeness (QED) is 0.877. The number of rotatable bonds is 5. The summed E-state index contributed by atoms with van der Waals surface area (Å²) in [5, 5.41) is 7.01. The number of aromatic nitrogens is 2. The topological polar surface area (TPSA) is 46.9 Å². The smallest absolute Gasteiger partial charge is 0.226 e. The highest BCUT2D eigenvalue weighted by Gasteiger charge is 2.05. The van der Waals surface area contributed by atoms with Crippen molar-refractivity contribution in [1.29, 1.82) is 0 Å². The summed E-state index contributed by atoms with van der Waals surface area (Å²) in [5.74, 6) is 0.0198. The normalized spacial score (nSPS) is 10.3. The van der Waals surface area contributed by atoms with E-state index in [1.165, 1.54) is 0 Å². The van der Waals surface area contributed by atoms with E-state index in [-0.39, 0.29) is 5.91 Å². The van der Waals surface area contributed by atoms with Crippen LogP contribution in [0.25, 0.3) is 0 Å². The molecule has 1 amide bonds. The second-order valence-corrected chi connectivity index (χ2v) is 4.08. The molecule has 0 aliphatic heterocycles. The molecule has 0 radical (unpaired) electrons. The van der Waals surface area contributed by atoms with Gasteiger partial charge in [-0.1, -0.05) is 25.1 Å². The number of carbonyl (C=O) groups excluding carboxylic acids is 1. The zero-order valence-electron chi connectivity index (χ0n) is 10.5. The molecule has 2 aromatic rings. The van der Waals surface area contributed by atoms with E-state index in [1.54, 1.807) is 10.9 Å². The number of anilines is 1. The largest absolute Gasteiger partial charge is 0.326 e. The third-order valence-electron chi connectivity index (χ3n) is 2.80. The second-order valence-electron chi connectivity index (χ2n) is 4.08. The highest BCUT2D eigenvalue weighted by Crippen LogP contribution is 2.15. The molecular formula is C14H17N3O. The van der Waals surface area contributed by atoms with Crippen LogP contribution in [0.3, 0.4) is 0 Å². The van der Waals surface area contributed by atoms with E-state index in [2.05, 4.69) is 17.3 Å². The van der Waals surface area contributed by atoms with Crippen molar-refractivity contribution in [3.05, 3.63) is 48.3 Å². The van der Waals surface area contributed by atoms with Gasteiger partial charge < -0.3 is 5.32 Å². The number of amides is 1. The summed E-state index contributed by atoms with van der Waals surface area (Å²) in [6, 6.07) is 9.73. The van der Waals surface area contributed by atoms with Gasteiger partial charge >= 0.3 is 0 Å². The molecule has 0 unspecified atom stereocenters. The Bertz CT molecular complexity index is 506. The summed E-state index contributed by atoms with van der Waals surface area (Å²) in [7, 11) is 0. The first-order chi connectivity index (χ1) is 8.79. The lowest BCUT2D eigenvalue weighted by atomic mass is 10.1. The monoisotopic (exact) mass is 243 g/mol. The van der Waals surface area contributed by atoms with Gasteiger partial charge in [0.25, 0.3) is 0 Å².